The van der Waals surface area contributed by atoms with Gasteiger partial charge in [-0.25, -0.2) is 0 Å². The quantitative estimate of drug-likeness (QED) is 0.780. The molecule has 1 aromatic rings. The first kappa shape index (κ1) is 13.5. The second-order valence-corrected chi connectivity index (χ2v) is 5.90. The zero-order valence-electron chi connectivity index (χ0n) is 12.1. The van der Waals surface area contributed by atoms with Crippen molar-refractivity contribution >= 4 is 5.69 Å². The monoisotopic (exact) mass is 245 g/mol. The molecule has 1 aromatic carbocycles. The number of nitrogens with one attached hydrogen (secondary N) is 1. The predicted octanol–water partition coefficient (Wildman–Crippen LogP) is 5.07. The maximum atomic E-state index is 3.75. The summed E-state index contributed by atoms with van der Waals surface area (Å²) in [6.45, 7) is 6.72. The highest BCUT2D eigenvalue weighted by atomic mass is 14.9. The first-order chi connectivity index (χ1) is 8.70. The Hall–Kier alpha value is -0.980. The van der Waals surface area contributed by atoms with Gasteiger partial charge in [0.05, 0.1) is 0 Å². The summed E-state index contributed by atoms with van der Waals surface area (Å²) >= 11 is 0. The molecule has 1 heteroatoms. The summed E-state index contributed by atoms with van der Waals surface area (Å²) in [7, 11) is 0. The first-order valence-electron chi connectivity index (χ1n) is 7.53. The van der Waals surface area contributed by atoms with Crippen LogP contribution in [0.15, 0.2) is 18.2 Å². The van der Waals surface area contributed by atoms with Crippen molar-refractivity contribution in [1.29, 1.82) is 0 Å². The lowest BCUT2D eigenvalue weighted by Crippen LogP contribution is -2.26. The van der Waals surface area contributed by atoms with Gasteiger partial charge in [0, 0.05) is 11.7 Å². The Morgan fingerprint density at radius 2 is 1.83 bits per heavy atom. The van der Waals surface area contributed by atoms with E-state index in [0.29, 0.717) is 6.04 Å². The molecule has 0 spiro atoms. The van der Waals surface area contributed by atoms with E-state index >= 15 is 0 Å². The number of anilines is 1. The van der Waals surface area contributed by atoms with Crippen molar-refractivity contribution < 1.29 is 0 Å². The third-order valence-corrected chi connectivity index (χ3v) is 4.51. The highest BCUT2D eigenvalue weighted by Gasteiger charge is 2.20. The van der Waals surface area contributed by atoms with E-state index in [0.717, 1.165) is 5.92 Å². The Kier molecular flexibility index (Phi) is 4.68. The predicted molar refractivity (Wildman–Crippen MR) is 80.2 cm³/mol. The van der Waals surface area contributed by atoms with E-state index < -0.39 is 0 Å². The summed E-state index contributed by atoms with van der Waals surface area (Å²) in [6, 6.07) is 7.27. The molecule has 0 aromatic heterocycles. The number of hydrogen-bond donors (Lipinski definition) is 1. The van der Waals surface area contributed by atoms with Crippen LogP contribution in [0.5, 0.6) is 0 Å². The van der Waals surface area contributed by atoms with Gasteiger partial charge in [0.2, 0.25) is 0 Å². The Labute approximate surface area is 112 Å². The summed E-state index contributed by atoms with van der Waals surface area (Å²) in [5.74, 6) is 0.992. The average Bonchev–Trinajstić information content (AvgIpc) is 2.38. The second-order valence-electron chi connectivity index (χ2n) is 5.90. The van der Waals surface area contributed by atoms with Crippen LogP contribution in [0, 0.1) is 19.8 Å². The zero-order chi connectivity index (χ0) is 13.0. The second kappa shape index (κ2) is 6.26. The summed E-state index contributed by atoms with van der Waals surface area (Å²) in [6.07, 6.45) is 8.29. The van der Waals surface area contributed by atoms with Gasteiger partial charge in [0.25, 0.3) is 0 Å². The van der Waals surface area contributed by atoms with Crippen molar-refractivity contribution in [1.82, 2.24) is 0 Å². The van der Waals surface area contributed by atoms with Crippen molar-refractivity contribution in [3.63, 3.8) is 0 Å². The van der Waals surface area contributed by atoms with Crippen LogP contribution in [-0.4, -0.2) is 6.04 Å². The topological polar surface area (TPSA) is 12.0 Å². The smallest absolute Gasteiger partial charge is 0.0374 e. The highest BCUT2D eigenvalue weighted by molar-refractivity contribution is 5.54. The van der Waals surface area contributed by atoms with Crippen LogP contribution >= 0.6 is 0 Å². The van der Waals surface area contributed by atoms with Crippen molar-refractivity contribution in [2.75, 3.05) is 5.32 Å². The molecule has 18 heavy (non-hydrogen) atoms. The minimum Gasteiger partial charge on any atom is -0.382 e. The molecule has 0 heterocycles. The van der Waals surface area contributed by atoms with E-state index in [1.165, 1.54) is 55.3 Å². The molecule has 0 bridgehead atoms. The lowest BCUT2D eigenvalue weighted by molar-refractivity contribution is 0.319. The molecule has 0 saturated heterocycles. The zero-order valence-corrected chi connectivity index (χ0v) is 12.1. The molecule has 1 nitrogen and oxygen atoms in total. The van der Waals surface area contributed by atoms with Crippen molar-refractivity contribution in [3.8, 4) is 0 Å². The lowest BCUT2D eigenvalue weighted by atomic mass is 9.83. The number of aryl methyl sites for hydroxylation is 1. The summed E-state index contributed by atoms with van der Waals surface area (Å²) < 4.78 is 0. The van der Waals surface area contributed by atoms with Gasteiger partial charge in [-0.05, 0) is 62.6 Å². The van der Waals surface area contributed by atoms with Crippen LogP contribution in [0.3, 0.4) is 0 Å². The average molecular weight is 245 g/mol. The van der Waals surface area contributed by atoms with E-state index in [1.807, 2.05) is 0 Å². The Morgan fingerprint density at radius 3 is 2.50 bits per heavy atom. The van der Waals surface area contributed by atoms with Gasteiger partial charge in [0.1, 0.15) is 0 Å². The Balaban J connectivity index is 1.90. The van der Waals surface area contributed by atoms with Crippen LogP contribution in [0.1, 0.15) is 56.6 Å². The largest absolute Gasteiger partial charge is 0.382 e. The van der Waals surface area contributed by atoms with Crippen LogP contribution in [-0.2, 0) is 0 Å². The van der Waals surface area contributed by atoms with Crippen molar-refractivity contribution in [3.05, 3.63) is 29.3 Å². The Morgan fingerprint density at radius 1 is 1.11 bits per heavy atom. The number of benzene rings is 1. The molecule has 0 radical (unpaired) electrons. The molecule has 1 N–H and O–H groups in total. The van der Waals surface area contributed by atoms with E-state index in [1.54, 1.807) is 0 Å². The van der Waals surface area contributed by atoms with Gasteiger partial charge < -0.3 is 5.32 Å². The van der Waals surface area contributed by atoms with Crippen LogP contribution < -0.4 is 5.32 Å². The molecule has 1 aliphatic rings. The minimum absolute atomic E-state index is 0.693. The van der Waals surface area contributed by atoms with Gasteiger partial charge in [-0.15, -0.1) is 0 Å². The van der Waals surface area contributed by atoms with Crippen LogP contribution in [0.25, 0.3) is 0 Å². The van der Waals surface area contributed by atoms with Gasteiger partial charge in [-0.3, -0.25) is 0 Å². The highest BCUT2D eigenvalue weighted by Crippen LogP contribution is 2.30. The van der Waals surface area contributed by atoms with Gasteiger partial charge in [0.15, 0.2) is 0 Å². The first-order valence-corrected chi connectivity index (χ1v) is 7.53. The molecule has 100 valence electrons. The fourth-order valence-electron chi connectivity index (χ4n) is 3.13. The summed E-state index contributed by atoms with van der Waals surface area (Å²) in [4.78, 5) is 0. The van der Waals surface area contributed by atoms with Gasteiger partial charge >= 0.3 is 0 Å². The molecule has 0 atom stereocenters. The molecular weight excluding hydrogens is 218 g/mol. The molecule has 2 rings (SSSR count). The molecule has 1 aliphatic carbocycles. The fraction of sp³-hybridized carbons (Fsp3) is 0.647. The maximum Gasteiger partial charge on any atom is 0.0374 e. The molecule has 0 amide bonds. The molecule has 1 saturated carbocycles. The minimum atomic E-state index is 0.693. The third-order valence-electron chi connectivity index (χ3n) is 4.51. The maximum absolute atomic E-state index is 3.75. The van der Waals surface area contributed by atoms with Crippen molar-refractivity contribution in [2.24, 2.45) is 5.92 Å². The van der Waals surface area contributed by atoms with Crippen molar-refractivity contribution in [2.45, 2.75) is 65.3 Å². The Bertz CT molecular complexity index is 375. The van der Waals surface area contributed by atoms with E-state index in [2.05, 4.69) is 44.3 Å². The normalized spacial score (nSPS) is 23.9. The molecular formula is C17H27N. The van der Waals surface area contributed by atoms with E-state index in [9.17, 15) is 0 Å². The van der Waals surface area contributed by atoms with E-state index in [4.69, 9.17) is 0 Å². The standard InChI is InChI=1S/C17H27N/c1-4-6-15-9-11-16(12-10-15)18-17-8-5-7-13(2)14(17)3/h5,7-8,15-16,18H,4,6,9-12H2,1-3H3. The van der Waals surface area contributed by atoms with E-state index in [-0.39, 0.29) is 0 Å². The van der Waals surface area contributed by atoms with Gasteiger partial charge in [-0.2, -0.15) is 0 Å². The van der Waals surface area contributed by atoms with Crippen LogP contribution in [0.2, 0.25) is 0 Å². The number of rotatable bonds is 4. The third kappa shape index (κ3) is 3.28. The SMILES string of the molecule is CCCC1CCC(Nc2cccc(C)c2C)CC1. The lowest BCUT2D eigenvalue weighted by Gasteiger charge is -2.30. The summed E-state index contributed by atoms with van der Waals surface area (Å²) in [5.41, 5.74) is 4.14. The molecule has 0 unspecified atom stereocenters. The van der Waals surface area contributed by atoms with Crippen LogP contribution in [0.4, 0.5) is 5.69 Å². The molecule has 1 fully saturated rings. The summed E-state index contributed by atoms with van der Waals surface area (Å²) in [5, 5.41) is 3.75. The van der Waals surface area contributed by atoms with Gasteiger partial charge in [-0.1, -0.05) is 31.9 Å². The number of hydrogen-bond acceptors (Lipinski definition) is 1. The molecule has 0 aliphatic heterocycles. The fourth-order valence-corrected chi connectivity index (χ4v) is 3.13.